The van der Waals surface area contributed by atoms with Crippen molar-refractivity contribution >= 4 is 23.0 Å². The van der Waals surface area contributed by atoms with Crippen LogP contribution in [0.4, 0.5) is 24.8 Å². The molecule has 0 saturated heterocycles. The highest BCUT2D eigenvalue weighted by Gasteiger charge is 2.31. The van der Waals surface area contributed by atoms with E-state index >= 15 is 0 Å². The summed E-state index contributed by atoms with van der Waals surface area (Å²) in [5, 5.41) is 4.91. The normalized spacial score (nSPS) is 13.2. The van der Waals surface area contributed by atoms with Crippen LogP contribution in [0.15, 0.2) is 29.6 Å². The minimum Gasteiger partial charge on any atom is -0.384 e. The van der Waals surface area contributed by atoms with Gasteiger partial charge in [-0.25, -0.2) is 4.98 Å². The van der Waals surface area contributed by atoms with Crippen LogP contribution >= 0.6 is 11.3 Å². The van der Waals surface area contributed by atoms with Gasteiger partial charge in [-0.15, -0.1) is 11.3 Å². The lowest BCUT2D eigenvalue weighted by Crippen LogP contribution is -2.19. The second-order valence-electron chi connectivity index (χ2n) is 4.49. The molecule has 0 spiro atoms. The highest BCUT2D eigenvalue weighted by Crippen LogP contribution is 2.31. The molecule has 0 aliphatic carbocycles. The molecule has 1 unspecified atom stereocenters. The molecule has 0 amide bonds. The van der Waals surface area contributed by atoms with Crippen LogP contribution in [0.25, 0.3) is 0 Å². The van der Waals surface area contributed by atoms with Crippen molar-refractivity contribution in [3.8, 4) is 0 Å². The number of hydrogen-bond acceptors (Lipinski definition) is 4. The summed E-state index contributed by atoms with van der Waals surface area (Å²) in [6, 6.07) is 5.68. The first-order chi connectivity index (χ1) is 9.34. The zero-order chi connectivity index (χ0) is 14.8. The standard InChI is InChI=1S/C13H14F3N3S/c1-8(5-10-3-2-4-20-10)18-12-7-9(13(14,15)16)6-11(17)19-12/h2-4,6-8H,5H2,1H3,(H3,17,18,19). The van der Waals surface area contributed by atoms with Crippen molar-refractivity contribution in [1.82, 2.24) is 4.98 Å². The number of pyridine rings is 1. The quantitative estimate of drug-likeness (QED) is 0.903. The summed E-state index contributed by atoms with van der Waals surface area (Å²) >= 11 is 1.61. The van der Waals surface area contributed by atoms with Crippen LogP contribution in [-0.4, -0.2) is 11.0 Å². The van der Waals surface area contributed by atoms with E-state index in [4.69, 9.17) is 5.73 Å². The topological polar surface area (TPSA) is 50.9 Å². The molecule has 0 aromatic carbocycles. The molecular formula is C13H14F3N3S. The third-order valence-electron chi connectivity index (χ3n) is 2.65. The largest absolute Gasteiger partial charge is 0.416 e. The molecule has 3 nitrogen and oxygen atoms in total. The van der Waals surface area contributed by atoms with E-state index in [1.807, 2.05) is 24.4 Å². The average Bonchev–Trinajstić information content (AvgIpc) is 2.79. The van der Waals surface area contributed by atoms with Crippen LogP contribution in [0, 0.1) is 0 Å². The molecule has 2 aromatic heterocycles. The molecular weight excluding hydrogens is 287 g/mol. The van der Waals surface area contributed by atoms with Gasteiger partial charge in [0.2, 0.25) is 0 Å². The first-order valence-corrected chi connectivity index (χ1v) is 6.86. The van der Waals surface area contributed by atoms with Gasteiger partial charge in [0.05, 0.1) is 5.56 Å². The second kappa shape index (κ2) is 5.70. The summed E-state index contributed by atoms with van der Waals surface area (Å²) in [6.07, 6.45) is -3.71. The maximum absolute atomic E-state index is 12.7. The molecule has 0 bridgehead atoms. The number of nitrogens with two attached hydrogens (primary N) is 1. The van der Waals surface area contributed by atoms with Crippen LogP contribution in [0.2, 0.25) is 0 Å². The van der Waals surface area contributed by atoms with E-state index in [9.17, 15) is 13.2 Å². The second-order valence-corrected chi connectivity index (χ2v) is 5.52. The number of thiophene rings is 1. The predicted octanol–water partition coefficient (Wildman–Crippen LogP) is 3.79. The van der Waals surface area contributed by atoms with Crippen molar-refractivity contribution < 1.29 is 13.2 Å². The van der Waals surface area contributed by atoms with Gasteiger partial charge in [-0.2, -0.15) is 13.2 Å². The van der Waals surface area contributed by atoms with Gasteiger partial charge in [-0.3, -0.25) is 0 Å². The Morgan fingerprint density at radius 3 is 2.75 bits per heavy atom. The number of nitrogen functional groups attached to an aromatic ring is 1. The van der Waals surface area contributed by atoms with E-state index in [2.05, 4.69) is 10.3 Å². The molecule has 0 fully saturated rings. The van der Waals surface area contributed by atoms with Crippen molar-refractivity contribution in [2.75, 3.05) is 11.1 Å². The Kier molecular flexibility index (Phi) is 4.17. The predicted molar refractivity (Wildman–Crippen MR) is 74.8 cm³/mol. The Balaban J connectivity index is 2.11. The molecule has 1 atom stereocenters. The fourth-order valence-corrected chi connectivity index (χ4v) is 2.66. The number of hydrogen-bond donors (Lipinski definition) is 2. The van der Waals surface area contributed by atoms with E-state index in [0.717, 1.165) is 23.4 Å². The van der Waals surface area contributed by atoms with Crippen molar-refractivity contribution in [2.45, 2.75) is 25.6 Å². The SMILES string of the molecule is CC(Cc1cccs1)Nc1cc(C(F)(F)F)cc(N)n1. The fourth-order valence-electron chi connectivity index (χ4n) is 1.82. The molecule has 20 heavy (non-hydrogen) atoms. The smallest absolute Gasteiger partial charge is 0.384 e. The lowest BCUT2D eigenvalue weighted by atomic mass is 10.2. The molecule has 0 aliphatic rings. The Bertz CT molecular complexity index is 567. The van der Waals surface area contributed by atoms with E-state index in [1.54, 1.807) is 11.3 Å². The van der Waals surface area contributed by atoms with Gasteiger partial charge >= 0.3 is 6.18 Å². The summed E-state index contributed by atoms with van der Waals surface area (Å²) in [5.41, 5.74) is 4.62. The van der Waals surface area contributed by atoms with E-state index in [1.165, 1.54) is 0 Å². The number of halogens is 3. The van der Waals surface area contributed by atoms with Crippen molar-refractivity contribution in [2.24, 2.45) is 0 Å². The Labute approximate surface area is 118 Å². The number of alkyl halides is 3. The zero-order valence-electron chi connectivity index (χ0n) is 10.7. The lowest BCUT2D eigenvalue weighted by Gasteiger charge is -2.16. The number of rotatable bonds is 4. The van der Waals surface area contributed by atoms with Gasteiger partial charge in [-0.1, -0.05) is 6.07 Å². The zero-order valence-corrected chi connectivity index (χ0v) is 11.6. The first kappa shape index (κ1) is 14.6. The number of nitrogens with one attached hydrogen (secondary N) is 1. The molecule has 0 aliphatic heterocycles. The first-order valence-electron chi connectivity index (χ1n) is 5.98. The molecule has 2 heterocycles. The lowest BCUT2D eigenvalue weighted by molar-refractivity contribution is -0.137. The Morgan fingerprint density at radius 2 is 2.15 bits per heavy atom. The minimum absolute atomic E-state index is 0.0379. The highest BCUT2D eigenvalue weighted by molar-refractivity contribution is 7.09. The van der Waals surface area contributed by atoms with Crippen LogP contribution in [-0.2, 0) is 12.6 Å². The summed E-state index contributed by atoms with van der Waals surface area (Å²) in [7, 11) is 0. The van der Waals surface area contributed by atoms with Gasteiger partial charge in [0, 0.05) is 17.3 Å². The number of nitrogens with zero attached hydrogens (tertiary/aromatic N) is 1. The highest BCUT2D eigenvalue weighted by atomic mass is 32.1. The molecule has 3 N–H and O–H groups in total. The van der Waals surface area contributed by atoms with Crippen LogP contribution < -0.4 is 11.1 Å². The third kappa shape index (κ3) is 3.86. The van der Waals surface area contributed by atoms with Gasteiger partial charge in [0.15, 0.2) is 0 Å². The van der Waals surface area contributed by atoms with Crippen molar-refractivity contribution in [3.63, 3.8) is 0 Å². The molecule has 2 rings (SSSR count). The van der Waals surface area contributed by atoms with Gasteiger partial charge < -0.3 is 11.1 Å². The number of anilines is 2. The van der Waals surface area contributed by atoms with E-state index < -0.39 is 11.7 Å². The average molecular weight is 301 g/mol. The Morgan fingerprint density at radius 1 is 1.40 bits per heavy atom. The summed E-state index contributed by atoms with van der Waals surface area (Å²) < 4.78 is 38.0. The summed E-state index contributed by atoms with van der Waals surface area (Å²) in [6.45, 7) is 1.89. The maximum atomic E-state index is 12.7. The van der Waals surface area contributed by atoms with Crippen molar-refractivity contribution in [1.29, 1.82) is 0 Å². The Hall–Kier alpha value is -1.76. The van der Waals surface area contributed by atoms with Crippen LogP contribution in [0.3, 0.4) is 0 Å². The van der Waals surface area contributed by atoms with E-state index in [-0.39, 0.29) is 17.7 Å². The fraction of sp³-hybridized carbons (Fsp3) is 0.308. The maximum Gasteiger partial charge on any atom is 0.416 e. The van der Waals surface area contributed by atoms with Crippen LogP contribution in [0.5, 0.6) is 0 Å². The molecule has 7 heteroatoms. The molecule has 0 saturated carbocycles. The number of aromatic nitrogens is 1. The third-order valence-corrected chi connectivity index (χ3v) is 3.55. The van der Waals surface area contributed by atoms with Gasteiger partial charge in [0.1, 0.15) is 11.6 Å². The summed E-state index contributed by atoms with van der Waals surface area (Å²) in [4.78, 5) is 5.04. The van der Waals surface area contributed by atoms with Crippen molar-refractivity contribution in [3.05, 3.63) is 40.1 Å². The monoisotopic (exact) mass is 301 g/mol. The summed E-state index contributed by atoms with van der Waals surface area (Å²) in [5.74, 6) is -0.00738. The minimum atomic E-state index is -4.43. The van der Waals surface area contributed by atoms with Gasteiger partial charge in [0.25, 0.3) is 0 Å². The molecule has 108 valence electrons. The molecule has 2 aromatic rings. The van der Waals surface area contributed by atoms with Gasteiger partial charge in [-0.05, 0) is 30.5 Å². The molecule has 0 radical (unpaired) electrons. The van der Waals surface area contributed by atoms with Crippen LogP contribution in [0.1, 0.15) is 17.4 Å². The van der Waals surface area contributed by atoms with E-state index in [0.29, 0.717) is 0 Å².